The molecule has 2 aromatic heterocycles. The fourth-order valence-corrected chi connectivity index (χ4v) is 3.04. The fourth-order valence-electron chi connectivity index (χ4n) is 3.04. The number of hydrogen-bond donors (Lipinski definition) is 1. The summed E-state index contributed by atoms with van der Waals surface area (Å²) in [7, 11) is 1.51. The van der Waals surface area contributed by atoms with E-state index in [1.165, 1.54) is 20.0 Å². The molecule has 6 heteroatoms. The summed E-state index contributed by atoms with van der Waals surface area (Å²) in [4.78, 5) is 16.0. The molecule has 0 aromatic carbocycles. The number of ether oxygens (including phenoxy) is 1. The summed E-state index contributed by atoms with van der Waals surface area (Å²) in [6.07, 6.45) is 6.58. The summed E-state index contributed by atoms with van der Waals surface area (Å²) in [5.74, 6) is -0.137. The van der Waals surface area contributed by atoms with Gasteiger partial charge in [-0.05, 0) is 31.0 Å². The normalized spacial score (nSPS) is 15.0. The first-order chi connectivity index (χ1) is 11.3. The highest BCUT2D eigenvalue weighted by Crippen LogP contribution is 2.33. The van der Waals surface area contributed by atoms with Crippen LogP contribution in [-0.4, -0.2) is 34.4 Å². The van der Waals surface area contributed by atoms with Crippen LogP contribution in [0, 0.1) is 0 Å². The molecule has 3 rings (SSSR count). The zero-order valence-corrected chi connectivity index (χ0v) is 13.4. The van der Waals surface area contributed by atoms with Gasteiger partial charge in [0.2, 0.25) is 5.91 Å². The lowest BCUT2D eigenvalue weighted by molar-refractivity contribution is -0.124. The Morgan fingerprint density at radius 1 is 1.39 bits per heavy atom. The maximum absolute atomic E-state index is 11.6. The van der Waals surface area contributed by atoms with E-state index in [2.05, 4.69) is 15.0 Å². The number of methoxy groups -OCH3 is 1. The Hall–Kier alpha value is -2.21. The number of nitrogens with one attached hydrogen (secondary N) is 1. The number of amides is 1. The van der Waals surface area contributed by atoms with E-state index < -0.39 is 0 Å². The van der Waals surface area contributed by atoms with E-state index >= 15 is 0 Å². The third-order valence-corrected chi connectivity index (χ3v) is 4.13. The highest BCUT2D eigenvalue weighted by Gasteiger charge is 2.22. The van der Waals surface area contributed by atoms with Crippen molar-refractivity contribution in [2.24, 2.45) is 0 Å². The lowest BCUT2D eigenvalue weighted by atomic mass is 10.2. The second-order valence-corrected chi connectivity index (χ2v) is 5.83. The van der Waals surface area contributed by atoms with Crippen LogP contribution in [0.1, 0.15) is 37.4 Å². The lowest BCUT2D eigenvalue weighted by Crippen LogP contribution is -2.26. The standard InChI is InChI=1S/C17H22N4O2/c1-23-12-17(22)19-11-13-10-16(15-8-4-5-9-18-15)21(20-13)14-6-2-3-7-14/h4-5,8-10,14H,2-3,6-7,11-12H2,1H3,(H,19,22). The molecular weight excluding hydrogens is 292 g/mol. The molecule has 1 aliphatic carbocycles. The largest absolute Gasteiger partial charge is 0.375 e. The van der Waals surface area contributed by atoms with Gasteiger partial charge in [-0.2, -0.15) is 5.10 Å². The maximum Gasteiger partial charge on any atom is 0.246 e. The summed E-state index contributed by atoms with van der Waals surface area (Å²) in [5.41, 5.74) is 2.79. The number of aromatic nitrogens is 3. The highest BCUT2D eigenvalue weighted by atomic mass is 16.5. The lowest BCUT2D eigenvalue weighted by Gasteiger charge is -2.13. The Morgan fingerprint density at radius 3 is 2.91 bits per heavy atom. The summed E-state index contributed by atoms with van der Waals surface area (Å²) in [5, 5.41) is 7.54. The van der Waals surface area contributed by atoms with E-state index in [4.69, 9.17) is 9.84 Å². The minimum atomic E-state index is -0.137. The van der Waals surface area contributed by atoms with Gasteiger partial charge in [0.15, 0.2) is 0 Å². The smallest absolute Gasteiger partial charge is 0.246 e. The monoisotopic (exact) mass is 314 g/mol. The first-order valence-electron chi connectivity index (χ1n) is 8.03. The molecule has 122 valence electrons. The Morgan fingerprint density at radius 2 is 2.22 bits per heavy atom. The number of carbonyl (C=O) groups excluding carboxylic acids is 1. The molecule has 1 N–H and O–H groups in total. The topological polar surface area (TPSA) is 69.0 Å². The van der Waals surface area contributed by atoms with Crippen LogP contribution in [-0.2, 0) is 16.1 Å². The van der Waals surface area contributed by atoms with Gasteiger partial charge >= 0.3 is 0 Å². The Labute approximate surface area is 135 Å². The van der Waals surface area contributed by atoms with Gasteiger partial charge in [0, 0.05) is 13.3 Å². The second kappa shape index (κ2) is 7.37. The van der Waals surface area contributed by atoms with Gasteiger partial charge in [-0.15, -0.1) is 0 Å². The maximum atomic E-state index is 11.6. The molecule has 2 heterocycles. The van der Waals surface area contributed by atoms with E-state index in [1.807, 2.05) is 24.3 Å². The van der Waals surface area contributed by atoms with Crippen LogP contribution in [0.2, 0.25) is 0 Å². The predicted molar refractivity (Wildman–Crippen MR) is 86.7 cm³/mol. The average Bonchev–Trinajstić information content (AvgIpc) is 3.23. The van der Waals surface area contributed by atoms with Gasteiger partial charge in [0.25, 0.3) is 0 Å². The van der Waals surface area contributed by atoms with Crippen LogP contribution in [0.5, 0.6) is 0 Å². The van der Waals surface area contributed by atoms with Crippen molar-refractivity contribution in [3.8, 4) is 11.4 Å². The first-order valence-corrected chi connectivity index (χ1v) is 8.03. The zero-order chi connectivity index (χ0) is 16.1. The van der Waals surface area contributed by atoms with Crippen molar-refractivity contribution in [1.82, 2.24) is 20.1 Å². The fraction of sp³-hybridized carbons (Fsp3) is 0.471. The van der Waals surface area contributed by atoms with Gasteiger partial charge < -0.3 is 10.1 Å². The molecule has 0 unspecified atom stereocenters. The van der Waals surface area contributed by atoms with Gasteiger partial charge in [-0.25, -0.2) is 0 Å². The number of hydrogen-bond acceptors (Lipinski definition) is 4. The molecule has 0 radical (unpaired) electrons. The second-order valence-electron chi connectivity index (χ2n) is 5.83. The predicted octanol–water partition coefficient (Wildman–Crippen LogP) is 2.32. The van der Waals surface area contributed by atoms with Crippen LogP contribution in [0.25, 0.3) is 11.4 Å². The molecule has 2 aromatic rings. The van der Waals surface area contributed by atoms with Gasteiger partial charge in [0.05, 0.1) is 29.7 Å². The summed E-state index contributed by atoms with van der Waals surface area (Å²) >= 11 is 0. The SMILES string of the molecule is COCC(=O)NCc1cc(-c2ccccn2)n(C2CCCC2)n1. The van der Waals surface area contributed by atoms with E-state index in [-0.39, 0.29) is 12.5 Å². The van der Waals surface area contributed by atoms with Crippen LogP contribution in [0.3, 0.4) is 0 Å². The number of carbonyl (C=O) groups is 1. The molecule has 1 amide bonds. The van der Waals surface area contributed by atoms with Crippen molar-refractivity contribution in [3.05, 3.63) is 36.2 Å². The summed E-state index contributed by atoms with van der Waals surface area (Å²) < 4.78 is 6.91. The van der Waals surface area contributed by atoms with Gasteiger partial charge in [0.1, 0.15) is 6.61 Å². The van der Waals surface area contributed by atoms with Crippen LogP contribution in [0.15, 0.2) is 30.5 Å². The van der Waals surface area contributed by atoms with Crippen LogP contribution in [0.4, 0.5) is 0 Å². The van der Waals surface area contributed by atoms with Crippen molar-refractivity contribution in [3.63, 3.8) is 0 Å². The van der Waals surface area contributed by atoms with E-state index in [0.29, 0.717) is 12.6 Å². The van der Waals surface area contributed by atoms with Crippen molar-refractivity contribution in [1.29, 1.82) is 0 Å². The molecular formula is C17H22N4O2. The molecule has 0 atom stereocenters. The first kappa shape index (κ1) is 15.7. The zero-order valence-electron chi connectivity index (χ0n) is 13.4. The Kier molecular flexibility index (Phi) is 5.02. The molecule has 1 saturated carbocycles. The van der Waals surface area contributed by atoms with Crippen molar-refractivity contribution in [2.75, 3.05) is 13.7 Å². The summed E-state index contributed by atoms with van der Waals surface area (Å²) in [6.45, 7) is 0.470. The molecule has 0 saturated heterocycles. The van der Waals surface area contributed by atoms with Gasteiger partial charge in [-0.1, -0.05) is 18.9 Å². The number of nitrogens with zero attached hydrogens (tertiary/aromatic N) is 3. The third kappa shape index (κ3) is 3.76. The minimum Gasteiger partial charge on any atom is -0.375 e. The molecule has 0 spiro atoms. The molecule has 23 heavy (non-hydrogen) atoms. The van der Waals surface area contributed by atoms with Gasteiger partial charge in [-0.3, -0.25) is 14.5 Å². The summed E-state index contributed by atoms with van der Waals surface area (Å²) in [6, 6.07) is 8.33. The van der Waals surface area contributed by atoms with Crippen LogP contribution < -0.4 is 5.32 Å². The van der Waals surface area contributed by atoms with E-state index in [1.54, 1.807) is 6.20 Å². The van der Waals surface area contributed by atoms with E-state index in [0.717, 1.165) is 29.9 Å². The molecule has 0 aliphatic heterocycles. The number of rotatable bonds is 6. The van der Waals surface area contributed by atoms with Crippen molar-refractivity contribution in [2.45, 2.75) is 38.3 Å². The Bertz CT molecular complexity index is 648. The number of pyridine rings is 1. The molecule has 1 fully saturated rings. The average molecular weight is 314 g/mol. The third-order valence-electron chi connectivity index (χ3n) is 4.13. The van der Waals surface area contributed by atoms with Crippen molar-refractivity contribution >= 4 is 5.91 Å². The Balaban J connectivity index is 1.83. The molecule has 0 bridgehead atoms. The quantitative estimate of drug-likeness (QED) is 0.888. The molecule has 1 aliphatic rings. The minimum absolute atomic E-state index is 0.0659. The van der Waals surface area contributed by atoms with Crippen molar-refractivity contribution < 1.29 is 9.53 Å². The molecule has 6 nitrogen and oxygen atoms in total. The van der Waals surface area contributed by atoms with Crippen LogP contribution >= 0.6 is 0 Å². The highest BCUT2D eigenvalue weighted by molar-refractivity contribution is 5.77. The van der Waals surface area contributed by atoms with E-state index in [9.17, 15) is 4.79 Å².